The molecular weight excluding hydrogens is 550 g/mol. The highest BCUT2D eigenvalue weighted by Crippen LogP contribution is 2.39. The Kier molecular flexibility index (Phi) is 7.95. The van der Waals surface area contributed by atoms with Crippen molar-refractivity contribution in [1.29, 1.82) is 0 Å². The van der Waals surface area contributed by atoms with Crippen molar-refractivity contribution in [2.75, 3.05) is 13.6 Å². The van der Waals surface area contributed by atoms with Crippen LogP contribution in [0.1, 0.15) is 49.6 Å². The van der Waals surface area contributed by atoms with Crippen LogP contribution in [0, 0.1) is 0 Å². The second-order valence-electron chi connectivity index (χ2n) is 11.4. The van der Waals surface area contributed by atoms with Gasteiger partial charge in [0.2, 0.25) is 13.6 Å². The van der Waals surface area contributed by atoms with Gasteiger partial charge in [0.25, 0.3) is 0 Å². The summed E-state index contributed by atoms with van der Waals surface area (Å²) < 4.78 is 25.1. The van der Waals surface area contributed by atoms with E-state index in [1.807, 2.05) is 12.1 Å². The van der Waals surface area contributed by atoms with Crippen molar-refractivity contribution >= 4 is 0 Å². The van der Waals surface area contributed by atoms with Crippen molar-refractivity contribution in [2.24, 2.45) is 0 Å². The Balaban J connectivity index is 1.35. The Hall–Kier alpha value is -4.75. The van der Waals surface area contributed by atoms with Gasteiger partial charge in [-0.25, -0.2) is 4.98 Å². The highest BCUT2D eigenvalue weighted by Gasteiger charge is 2.29. The third-order valence-corrected chi connectivity index (χ3v) is 8.41. The van der Waals surface area contributed by atoms with E-state index in [0.717, 1.165) is 76.2 Å². The Morgan fingerprint density at radius 3 is 1.82 bits per heavy atom. The van der Waals surface area contributed by atoms with Crippen LogP contribution in [0.2, 0.25) is 0 Å². The van der Waals surface area contributed by atoms with E-state index < -0.39 is 0 Å². The molecule has 0 fully saturated rings. The van der Waals surface area contributed by atoms with Crippen molar-refractivity contribution in [3.8, 4) is 45.6 Å². The second kappa shape index (κ2) is 12.5. The summed E-state index contributed by atoms with van der Waals surface area (Å²) >= 11 is 0. The van der Waals surface area contributed by atoms with E-state index in [9.17, 15) is 0 Å². The summed E-state index contributed by atoms with van der Waals surface area (Å²) in [5, 5.41) is 0. The highest BCUT2D eigenvalue weighted by atomic mass is 16.7. The number of ether oxygens (including phenoxy) is 4. The van der Waals surface area contributed by atoms with Crippen molar-refractivity contribution in [1.82, 2.24) is 14.5 Å². The van der Waals surface area contributed by atoms with Crippen LogP contribution in [-0.2, 0) is 19.6 Å². The topological polar surface area (TPSA) is 58.0 Å². The number of fused-ring (bicyclic) bond motifs is 2. The molecule has 0 spiro atoms. The zero-order valence-corrected chi connectivity index (χ0v) is 25.2. The first kappa shape index (κ1) is 28.0. The van der Waals surface area contributed by atoms with Gasteiger partial charge in [-0.1, -0.05) is 86.1 Å². The number of aromatic nitrogens is 2. The molecule has 7 nitrogen and oxygen atoms in total. The Morgan fingerprint density at radius 1 is 0.705 bits per heavy atom. The zero-order valence-electron chi connectivity index (χ0n) is 25.2. The van der Waals surface area contributed by atoms with Crippen LogP contribution in [0.4, 0.5) is 0 Å². The molecule has 0 amide bonds. The standard InChI is InChI=1S/C37H37N3O4/c1-3-4-19-40-36(35(29-11-7-5-8-12-29)38-37(40)30-13-9-6-10-14-30)26(2)39(22-27-15-17-31-33(20-27)43-24-41-31)23-28-16-18-32-34(21-28)44-25-42-32/h5-18,20-21,26H,3-4,19,22-25H2,1-2H3/t26-/m1/s1. The van der Waals surface area contributed by atoms with E-state index in [4.69, 9.17) is 23.9 Å². The number of imidazole rings is 1. The van der Waals surface area contributed by atoms with Gasteiger partial charge in [-0.15, -0.1) is 0 Å². The average Bonchev–Trinajstić information content (AvgIpc) is 3.82. The van der Waals surface area contributed by atoms with Gasteiger partial charge in [-0.2, -0.15) is 0 Å². The van der Waals surface area contributed by atoms with Gasteiger partial charge in [-0.3, -0.25) is 4.90 Å². The molecule has 4 aromatic carbocycles. The predicted molar refractivity (Wildman–Crippen MR) is 171 cm³/mol. The van der Waals surface area contributed by atoms with Crippen LogP contribution in [0.15, 0.2) is 97.1 Å². The first-order valence-electron chi connectivity index (χ1n) is 15.4. The summed E-state index contributed by atoms with van der Waals surface area (Å²) in [7, 11) is 0. The normalized spacial score (nSPS) is 13.9. The minimum atomic E-state index is 0.0165. The zero-order chi connectivity index (χ0) is 29.9. The molecule has 0 radical (unpaired) electrons. The number of hydrogen-bond donors (Lipinski definition) is 0. The number of nitrogens with zero attached hydrogens (tertiary/aromatic N) is 3. The van der Waals surface area contributed by atoms with E-state index in [2.05, 4.69) is 108 Å². The lowest BCUT2D eigenvalue weighted by molar-refractivity contribution is 0.173. The predicted octanol–water partition coefficient (Wildman–Crippen LogP) is 8.24. The molecule has 5 aromatic rings. The smallest absolute Gasteiger partial charge is 0.231 e. The lowest BCUT2D eigenvalue weighted by atomic mass is 10.0. The minimum Gasteiger partial charge on any atom is -0.454 e. The highest BCUT2D eigenvalue weighted by molar-refractivity contribution is 5.69. The molecule has 1 aromatic heterocycles. The maximum Gasteiger partial charge on any atom is 0.231 e. The minimum absolute atomic E-state index is 0.0165. The van der Waals surface area contributed by atoms with Crippen molar-refractivity contribution in [3.05, 3.63) is 114 Å². The first-order chi connectivity index (χ1) is 21.7. The summed E-state index contributed by atoms with van der Waals surface area (Å²) in [6, 6.07) is 33.6. The van der Waals surface area contributed by atoms with Gasteiger partial charge < -0.3 is 23.5 Å². The SMILES string of the molecule is CCCCn1c(-c2ccccc2)nc(-c2ccccc2)c1[C@@H](C)N(Cc1ccc2c(c1)OCO2)Cc1ccc2c(c1)OCO2. The fraction of sp³-hybridized carbons (Fsp3) is 0.270. The van der Waals surface area contributed by atoms with E-state index in [1.54, 1.807) is 0 Å². The maximum absolute atomic E-state index is 5.74. The molecule has 2 aliphatic heterocycles. The van der Waals surface area contributed by atoms with E-state index in [1.165, 1.54) is 5.69 Å². The van der Waals surface area contributed by atoms with Crippen LogP contribution < -0.4 is 18.9 Å². The quantitative estimate of drug-likeness (QED) is 0.155. The van der Waals surface area contributed by atoms with Gasteiger partial charge >= 0.3 is 0 Å². The molecular formula is C37H37N3O4. The van der Waals surface area contributed by atoms with Gasteiger partial charge in [0.15, 0.2) is 23.0 Å². The van der Waals surface area contributed by atoms with Crippen LogP contribution in [0.5, 0.6) is 23.0 Å². The van der Waals surface area contributed by atoms with Crippen molar-refractivity contribution < 1.29 is 18.9 Å². The van der Waals surface area contributed by atoms with E-state index in [-0.39, 0.29) is 19.6 Å². The molecule has 0 N–H and O–H groups in total. The summed E-state index contributed by atoms with van der Waals surface area (Å²) in [5.74, 6) is 4.18. The summed E-state index contributed by atoms with van der Waals surface area (Å²) in [6.07, 6.45) is 2.16. The third kappa shape index (κ3) is 5.63. The molecule has 0 saturated heterocycles. The molecule has 0 bridgehead atoms. The molecule has 2 aliphatic rings. The largest absolute Gasteiger partial charge is 0.454 e. The molecule has 44 heavy (non-hydrogen) atoms. The van der Waals surface area contributed by atoms with Crippen molar-refractivity contribution in [3.63, 3.8) is 0 Å². The number of hydrogen-bond acceptors (Lipinski definition) is 6. The van der Waals surface area contributed by atoms with Gasteiger partial charge in [0.1, 0.15) is 5.82 Å². The average molecular weight is 588 g/mol. The fourth-order valence-electron chi connectivity index (χ4n) is 6.10. The Labute approximate surface area is 258 Å². The van der Waals surface area contributed by atoms with Gasteiger partial charge in [-0.05, 0) is 48.7 Å². The van der Waals surface area contributed by atoms with Crippen LogP contribution in [0.25, 0.3) is 22.6 Å². The lowest BCUT2D eigenvalue weighted by Gasteiger charge is -2.31. The van der Waals surface area contributed by atoms with Gasteiger partial charge in [0.05, 0.1) is 17.4 Å². The fourth-order valence-corrected chi connectivity index (χ4v) is 6.10. The maximum atomic E-state index is 5.74. The lowest BCUT2D eigenvalue weighted by Crippen LogP contribution is -2.28. The monoisotopic (exact) mass is 587 g/mol. The molecule has 7 heteroatoms. The number of unbranched alkanes of at least 4 members (excludes halogenated alkanes) is 1. The molecule has 0 saturated carbocycles. The molecule has 3 heterocycles. The molecule has 0 aliphatic carbocycles. The number of benzene rings is 4. The van der Waals surface area contributed by atoms with Crippen LogP contribution >= 0.6 is 0 Å². The van der Waals surface area contributed by atoms with Crippen molar-refractivity contribution in [2.45, 2.75) is 52.4 Å². The van der Waals surface area contributed by atoms with E-state index >= 15 is 0 Å². The Bertz CT molecular complexity index is 1680. The molecule has 224 valence electrons. The summed E-state index contributed by atoms with van der Waals surface area (Å²) in [6.45, 7) is 7.37. The summed E-state index contributed by atoms with van der Waals surface area (Å²) in [4.78, 5) is 7.89. The molecule has 1 atom stereocenters. The van der Waals surface area contributed by atoms with Crippen LogP contribution in [-0.4, -0.2) is 28.0 Å². The second-order valence-corrected chi connectivity index (χ2v) is 11.4. The molecule has 7 rings (SSSR count). The molecule has 0 unspecified atom stereocenters. The Morgan fingerprint density at radius 2 is 1.25 bits per heavy atom. The number of rotatable bonds is 11. The van der Waals surface area contributed by atoms with E-state index in [0.29, 0.717) is 13.1 Å². The first-order valence-corrected chi connectivity index (χ1v) is 15.4. The summed E-state index contributed by atoms with van der Waals surface area (Å²) in [5.41, 5.74) is 6.79. The third-order valence-electron chi connectivity index (χ3n) is 8.41. The van der Waals surface area contributed by atoms with Gasteiger partial charge in [0, 0.05) is 30.8 Å². The van der Waals surface area contributed by atoms with Crippen LogP contribution in [0.3, 0.4) is 0 Å².